The quantitative estimate of drug-likeness (QED) is 0.668. The number of carbonyl (C=O) groups excluding carboxylic acids is 1. The predicted octanol–water partition coefficient (Wildman–Crippen LogP) is 2.72. The lowest BCUT2D eigenvalue weighted by Crippen LogP contribution is -2.39. The second-order valence-electron chi connectivity index (χ2n) is 6.21. The van der Waals surface area contributed by atoms with E-state index in [-0.39, 0.29) is 5.41 Å². The van der Waals surface area contributed by atoms with Crippen LogP contribution in [0, 0.1) is 17.3 Å². The van der Waals surface area contributed by atoms with E-state index < -0.39 is 0 Å². The summed E-state index contributed by atoms with van der Waals surface area (Å²) in [6, 6.07) is 0. The maximum Gasteiger partial charge on any atom is 0.127 e. The lowest BCUT2D eigenvalue weighted by Gasteiger charge is -2.35. The molecule has 0 aromatic carbocycles. The standard InChI is InChI=1S/C14H25NO/c1-12-8-13(12)9-15(2)10-14(11-16)6-4-3-5-7-14/h11-13H,3-10H2,1-2H3. The van der Waals surface area contributed by atoms with Crippen molar-refractivity contribution in [3.63, 3.8) is 0 Å². The summed E-state index contributed by atoms with van der Waals surface area (Å²) >= 11 is 0. The van der Waals surface area contributed by atoms with Gasteiger partial charge in [0.05, 0.1) is 0 Å². The molecule has 92 valence electrons. The first-order chi connectivity index (χ1) is 7.65. The average molecular weight is 223 g/mol. The van der Waals surface area contributed by atoms with Gasteiger partial charge in [0.1, 0.15) is 6.29 Å². The van der Waals surface area contributed by atoms with Crippen LogP contribution < -0.4 is 0 Å². The molecule has 0 amide bonds. The van der Waals surface area contributed by atoms with E-state index in [9.17, 15) is 4.79 Å². The third-order valence-electron chi connectivity index (χ3n) is 4.51. The molecule has 0 radical (unpaired) electrons. The summed E-state index contributed by atoms with van der Waals surface area (Å²) in [5.74, 6) is 1.82. The molecule has 2 unspecified atom stereocenters. The largest absolute Gasteiger partial charge is 0.305 e. The highest BCUT2D eigenvalue weighted by molar-refractivity contribution is 5.60. The lowest BCUT2D eigenvalue weighted by atomic mass is 9.75. The van der Waals surface area contributed by atoms with Gasteiger partial charge < -0.3 is 9.69 Å². The maximum atomic E-state index is 11.4. The van der Waals surface area contributed by atoms with Crippen molar-refractivity contribution in [2.45, 2.75) is 45.4 Å². The van der Waals surface area contributed by atoms with Gasteiger partial charge in [-0.05, 0) is 38.1 Å². The van der Waals surface area contributed by atoms with E-state index in [1.807, 2.05) is 0 Å². The van der Waals surface area contributed by atoms with Gasteiger partial charge in [0, 0.05) is 18.5 Å². The fourth-order valence-electron chi connectivity index (χ4n) is 3.23. The summed E-state index contributed by atoms with van der Waals surface area (Å²) in [5.41, 5.74) is -0.00880. The number of nitrogens with zero attached hydrogens (tertiary/aromatic N) is 1. The van der Waals surface area contributed by atoms with Crippen LogP contribution in [0.3, 0.4) is 0 Å². The van der Waals surface area contributed by atoms with Crippen molar-refractivity contribution < 1.29 is 4.79 Å². The van der Waals surface area contributed by atoms with Crippen molar-refractivity contribution in [2.24, 2.45) is 17.3 Å². The second kappa shape index (κ2) is 4.87. The van der Waals surface area contributed by atoms with Gasteiger partial charge in [-0.2, -0.15) is 0 Å². The van der Waals surface area contributed by atoms with Crippen LogP contribution in [0.2, 0.25) is 0 Å². The van der Waals surface area contributed by atoms with E-state index in [2.05, 4.69) is 18.9 Å². The van der Waals surface area contributed by atoms with E-state index in [0.717, 1.165) is 31.2 Å². The zero-order chi connectivity index (χ0) is 11.6. The molecule has 2 aliphatic rings. The number of hydrogen-bond acceptors (Lipinski definition) is 2. The number of aldehydes is 1. The molecule has 16 heavy (non-hydrogen) atoms. The molecular formula is C14H25NO. The topological polar surface area (TPSA) is 20.3 Å². The van der Waals surface area contributed by atoms with Crippen molar-refractivity contribution in [3.05, 3.63) is 0 Å². The van der Waals surface area contributed by atoms with Gasteiger partial charge in [0.25, 0.3) is 0 Å². The molecule has 2 fully saturated rings. The Balaban J connectivity index is 1.82. The van der Waals surface area contributed by atoms with Gasteiger partial charge in [-0.15, -0.1) is 0 Å². The summed E-state index contributed by atoms with van der Waals surface area (Å²) in [7, 11) is 2.19. The molecule has 2 rings (SSSR count). The number of rotatable bonds is 5. The van der Waals surface area contributed by atoms with Gasteiger partial charge in [0.15, 0.2) is 0 Å². The maximum absolute atomic E-state index is 11.4. The van der Waals surface area contributed by atoms with Crippen molar-refractivity contribution >= 4 is 6.29 Å². The Bertz CT molecular complexity index is 245. The van der Waals surface area contributed by atoms with E-state index in [4.69, 9.17) is 0 Å². The SMILES string of the molecule is CC1CC1CN(C)CC1(C=O)CCCCC1. The molecule has 0 spiro atoms. The van der Waals surface area contributed by atoms with Crippen molar-refractivity contribution in [3.8, 4) is 0 Å². The molecule has 2 atom stereocenters. The smallest absolute Gasteiger partial charge is 0.127 e. The van der Waals surface area contributed by atoms with E-state index >= 15 is 0 Å². The predicted molar refractivity (Wildman–Crippen MR) is 66.4 cm³/mol. The molecule has 2 heteroatoms. The number of carbonyl (C=O) groups is 1. The molecule has 2 aliphatic carbocycles. The Hall–Kier alpha value is -0.370. The normalized spacial score (nSPS) is 32.7. The summed E-state index contributed by atoms with van der Waals surface area (Å²) in [4.78, 5) is 13.8. The first-order valence-electron chi connectivity index (χ1n) is 6.80. The molecule has 0 heterocycles. The first-order valence-corrected chi connectivity index (χ1v) is 6.80. The van der Waals surface area contributed by atoms with Crippen LogP contribution in [0.25, 0.3) is 0 Å². The minimum atomic E-state index is -0.00880. The Labute approximate surface area is 99.4 Å². The molecule has 0 aliphatic heterocycles. The molecule has 0 N–H and O–H groups in total. The van der Waals surface area contributed by atoms with Crippen LogP contribution >= 0.6 is 0 Å². The van der Waals surface area contributed by atoms with Crippen LogP contribution in [-0.4, -0.2) is 31.3 Å². The van der Waals surface area contributed by atoms with Gasteiger partial charge in [-0.25, -0.2) is 0 Å². The number of hydrogen-bond donors (Lipinski definition) is 0. The summed E-state index contributed by atoms with van der Waals surface area (Å²) in [6.45, 7) is 4.51. The molecular weight excluding hydrogens is 198 g/mol. The second-order valence-corrected chi connectivity index (χ2v) is 6.21. The van der Waals surface area contributed by atoms with Crippen molar-refractivity contribution in [1.82, 2.24) is 4.90 Å². The third kappa shape index (κ3) is 2.85. The average Bonchev–Trinajstić information content (AvgIpc) is 2.95. The Morgan fingerprint density at radius 2 is 1.94 bits per heavy atom. The molecule has 0 aromatic rings. The van der Waals surface area contributed by atoms with Gasteiger partial charge in [0.2, 0.25) is 0 Å². The zero-order valence-corrected chi connectivity index (χ0v) is 10.7. The van der Waals surface area contributed by atoms with Crippen LogP contribution in [0.4, 0.5) is 0 Å². The van der Waals surface area contributed by atoms with Crippen LogP contribution in [0.15, 0.2) is 0 Å². The van der Waals surface area contributed by atoms with E-state index in [0.29, 0.717) is 0 Å². The Morgan fingerprint density at radius 1 is 1.31 bits per heavy atom. The molecule has 2 saturated carbocycles. The van der Waals surface area contributed by atoms with Crippen LogP contribution in [-0.2, 0) is 4.79 Å². The van der Waals surface area contributed by atoms with Crippen LogP contribution in [0.1, 0.15) is 45.4 Å². The van der Waals surface area contributed by atoms with Crippen molar-refractivity contribution in [2.75, 3.05) is 20.1 Å². The molecule has 0 saturated heterocycles. The Morgan fingerprint density at radius 3 is 2.44 bits per heavy atom. The highest BCUT2D eigenvalue weighted by Crippen LogP contribution is 2.39. The molecule has 2 nitrogen and oxygen atoms in total. The monoisotopic (exact) mass is 223 g/mol. The first kappa shape index (κ1) is 12.1. The summed E-state index contributed by atoms with van der Waals surface area (Å²) < 4.78 is 0. The van der Waals surface area contributed by atoms with Crippen molar-refractivity contribution in [1.29, 1.82) is 0 Å². The van der Waals surface area contributed by atoms with E-state index in [1.54, 1.807) is 0 Å². The summed E-state index contributed by atoms with van der Waals surface area (Å²) in [5, 5.41) is 0. The van der Waals surface area contributed by atoms with Crippen LogP contribution in [0.5, 0.6) is 0 Å². The lowest BCUT2D eigenvalue weighted by molar-refractivity contribution is -0.119. The minimum Gasteiger partial charge on any atom is -0.305 e. The van der Waals surface area contributed by atoms with Gasteiger partial charge >= 0.3 is 0 Å². The van der Waals surface area contributed by atoms with Gasteiger partial charge in [-0.3, -0.25) is 0 Å². The fourth-order valence-corrected chi connectivity index (χ4v) is 3.23. The highest BCUT2D eigenvalue weighted by Gasteiger charge is 2.37. The zero-order valence-electron chi connectivity index (χ0n) is 10.7. The molecule has 0 bridgehead atoms. The summed E-state index contributed by atoms with van der Waals surface area (Å²) in [6.07, 6.45) is 8.66. The Kier molecular flexibility index (Phi) is 3.68. The van der Waals surface area contributed by atoms with E-state index in [1.165, 1.54) is 38.5 Å². The minimum absolute atomic E-state index is 0.00880. The third-order valence-corrected chi connectivity index (χ3v) is 4.51. The van der Waals surface area contributed by atoms with Gasteiger partial charge in [-0.1, -0.05) is 26.2 Å². The molecule has 0 aromatic heterocycles. The highest BCUT2D eigenvalue weighted by atomic mass is 16.1. The fraction of sp³-hybridized carbons (Fsp3) is 0.929.